The fraction of sp³-hybridized carbons (Fsp3) is 0.357. The average molecular weight is 503 g/mol. The van der Waals surface area contributed by atoms with Crippen molar-refractivity contribution in [1.29, 1.82) is 0 Å². The van der Waals surface area contributed by atoms with Gasteiger partial charge in [0.2, 0.25) is 5.91 Å². The van der Waals surface area contributed by atoms with Gasteiger partial charge in [0.05, 0.1) is 29.3 Å². The summed E-state index contributed by atoms with van der Waals surface area (Å²) in [6.07, 6.45) is 5.65. The molecule has 0 bridgehead atoms. The lowest BCUT2D eigenvalue weighted by Gasteiger charge is -2.45. The first kappa shape index (κ1) is 23.5. The SMILES string of the molecule is O=C1c2ccccc2C(=O)N1NCc1cnc(C2CCN(C(=O)C3(c4ccc(F)cc4)CCC3)CC2)o1. The number of hydrazine groups is 1. The van der Waals surface area contributed by atoms with Gasteiger partial charge < -0.3 is 9.32 Å². The largest absolute Gasteiger partial charge is 0.444 e. The predicted octanol–water partition coefficient (Wildman–Crippen LogP) is 3.94. The fourth-order valence-electron chi connectivity index (χ4n) is 5.64. The number of piperidine rings is 1. The van der Waals surface area contributed by atoms with Crippen LogP contribution in [-0.4, -0.2) is 45.7 Å². The van der Waals surface area contributed by atoms with Crippen molar-refractivity contribution < 1.29 is 23.2 Å². The minimum Gasteiger partial charge on any atom is -0.444 e. The maximum atomic E-state index is 13.5. The van der Waals surface area contributed by atoms with Crippen molar-refractivity contribution in [2.45, 2.75) is 50.0 Å². The number of carbonyl (C=O) groups is 3. The first-order valence-corrected chi connectivity index (χ1v) is 12.7. The highest BCUT2D eigenvalue weighted by atomic mass is 19.1. The quantitative estimate of drug-likeness (QED) is 0.513. The van der Waals surface area contributed by atoms with Gasteiger partial charge in [0.1, 0.15) is 11.6 Å². The van der Waals surface area contributed by atoms with Crippen molar-refractivity contribution in [1.82, 2.24) is 20.3 Å². The van der Waals surface area contributed by atoms with Crippen molar-refractivity contribution in [3.63, 3.8) is 0 Å². The van der Waals surface area contributed by atoms with Crippen LogP contribution in [0.4, 0.5) is 4.39 Å². The zero-order valence-corrected chi connectivity index (χ0v) is 20.3. The first-order chi connectivity index (χ1) is 18.0. The van der Waals surface area contributed by atoms with Crippen LogP contribution < -0.4 is 5.43 Å². The summed E-state index contributed by atoms with van der Waals surface area (Å²) in [5.74, 6) is 0.264. The lowest BCUT2D eigenvalue weighted by Crippen LogP contribution is -2.52. The molecule has 0 atom stereocenters. The molecular formula is C28H27FN4O4. The van der Waals surface area contributed by atoms with E-state index in [0.717, 1.165) is 42.7 Å². The molecule has 0 spiro atoms. The number of nitrogens with one attached hydrogen (secondary N) is 1. The third-order valence-corrected chi connectivity index (χ3v) is 7.92. The Kier molecular flexibility index (Phi) is 5.87. The molecule has 8 nitrogen and oxygen atoms in total. The van der Waals surface area contributed by atoms with E-state index < -0.39 is 5.41 Å². The highest BCUT2D eigenvalue weighted by molar-refractivity contribution is 6.20. The number of halogens is 1. The molecule has 3 amide bonds. The van der Waals surface area contributed by atoms with Crippen molar-refractivity contribution in [3.8, 4) is 0 Å². The van der Waals surface area contributed by atoms with E-state index in [1.165, 1.54) is 12.1 Å². The minimum absolute atomic E-state index is 0.0836. The smallest absolute Gasteiger partial charge is 0.276 e. The van der Waals surface area contributed by atoms with E-state index in [1.807, 2.05) is 4.90 Å². The number of aromatic nitrogens is 1. The van der Waals surface area contributed by atoms with Crippen LogP contribution in [0.25, 0.3) is 0 Å². The van der Waals surface area contributed by atoms with Crippen LogP contribution in [0.15, 0.2) is 59.1 Å². The standard InChI is InChI=1S/C28H27FN4O4/c29-20-8-6-19(7-9-20)28(12-3-13-28)27(36)32-14-10-18(11-15-32)24-30-16-21(37-24)17-31-33-25(34)22-4-1-2-5-23(22)26(33)35/h1-2,4-9,16,18,31H,3,10-15,17H2. The molecule has 2 aliphatic heterocycles. The molecule has 3 heterocycles. The predicted molar refractivity (Wildman–Crippen MR) is 131 cm³/mol. The molecule has 1 aromatic heterocycles. The van der Waals surface area contributed by atoms with E-state index in [-0.39, 0.29) is 36.0 Å². The van der Waals surface area contributed by atoms with Crippen molar-refractivity contribution >= 4 is 17.7 Å². The zero-order valence-electron chi connectivity index (χ0n) is 20.3. The van der Waals surface area contributed by atoms with Crippen LogP contribution in [0, 0.1) is 5.82 Å². The number of hydrogen-bond acceptors (Lipinski definition) is 6. The Morgan fingerprint density at radius 3 is 2.27 bits per heavy atom. The summed E-state index contributed by atoms with van der Waals surface area (Å²) in [6.45, 7) is 1.37. The second-order valence-corrected chi connectivity index (χ2v) is 10.0. The summed E-state index contributed by atoms with van der Waals surface area (Å²) in [5, 5.41) is 1.01. The van der Waals surface area contributed by atoms with Gasteiger partial charge in [-0.25, -0.2) is 19.8 Å². The molecule has 2 aromatic carbocycles. The zero-order chi connectivity index (χ0) is 25.6. The van der Waals surface area contributed by atoms with Gasteiger partial charge in [-0.1, -0.05) is 30.7 Å². The van der Waals surface area contributed by atoms with Gasteiger partial charge in [0.25, 0.3) is 11.8 Å². The third kappa shape index (κ3) is 4.03. The Hall–Kier alpha value is -3.85. The maximum Gasteiger partial charge on any atom is 0.276 e. The van der Waals surface area contributed by atoms with Crippen LogP contribution in [0.2, 0.25) is 0 Å². The molecule has 3 aliphatic rings. The molecule has 1 saturated carbocycles. The monoisotopic (exact) mass is 502 g/mol. The van der Waals surface area contributed by atoms with E-state index in [1.54, 1.807) is 42.6 Å². The maximum absolute atomic E-state index is 13.5. The molecule has 6 rings (SSSR count). The van der Waals surface area contributed by atoms with Crippen LogP contribution in [0.3, 0.4) is 0 Å². The highest BCUT2D eigenvalue weighted by Crippen LogP contribution is 2.46. The van der Waals surface area contributed by atoms with Crippen molar-refractivity contribution in [3.05, 3.63) is 88.9 Å². The number of amides is 3. The number of fused-ring (bicyclic) bond motifs is 1. The normalized spacial score (nSPS) is 19.2. The molecule has 1 aliphatic carbocycles. The van der Waals surface area contributed by atoms with Crippen LogP contribution in [-0.2, 0) is 16.8 Å². The Morgan fingerprint density at radius 2 is 1.68 bits per heavy atom. The van der Waals surface area contributed by atoms with Gasteiger partial charge in [0.15, 0.2) is 5.89 Å². The average Bonchev–Trinajstić information content (AvgIpc) is 3.46. The number of carbonyl (C=O) groups excluding carboxylic acids is 3. The minimum atomic E-state index is -0.535. The van der Waals surface area contributed by atoms with Gasteiger partial charge in [-0.3, -0.25) is 14.4 Å². The molecule has 0 unspecified atom stereocenters. The van der Waals surface area contributed by atoms with Crippen LogP contribution in [0.1, 0.15) is 76.0 Å². The van der Waals surface area contributed by atoms with Crippen LogP contribution >= 0.6 is 0 Å². The number of benzene rings is 2. The number of oxazole rings is 1. The number of rotatable bonds is 6. The molecule has 1 N–H and O–H groups in total. The van der Waals surface area contributed by atoms with E-state index in [2.05, 4.69) is 10.4 Å². The van der Waals surface area contributed by atoms with Gasteiger partial charge >= 0.3 is 0 Å². The number of hydrogen-bond donors (Lipinski definition) is 1. The Morgan fingerprint density at radius 1 is 1.03 bits per heavy atom. The van der Waals surface area contributed by atoms with E-state index in [4.69, 9.17) is 4.42 Å². The molecule has 190 valence electrons. The topological polar surface area (TPSA) is 95.8 Å². The summed E-state index contributed by atoms with van der Waals surface area (Å²) in [4.78, 5) is 44.9. The third-order valence-electron chi connectivity index (χ3n) is 7.92. The Balaban J connectivity index is 1.05. The van der Waals surface area contributed by atoms with Gasteiger partial charge in [-0.15, -0.1) is 0 Å². The molecule has 2 fully saturated rings. The van der Waals surface area contributed by atoms with Gasteiger partial charge in [-0.05, 0) is 55.5 Å². The molecule has 1 saturated heterocycles. The summed E-state index contributed by atoms with van der Waals surface area (Å²) < 4.78 is 19.4. The second-order valence-electron chi connectivity index (χ2n) is 10.0. The summed E-state index contributed by atoms with van der Waals surface area (Å²) in [7, 11) is 0. The van der Waals surface area contributed by atoms with Crippen LogP contribution in [0.5, 0.6) is 0 Å². The fourth-order valence-corrected chi connectivity index (χ4v) is 5.64. The Labute approximate surface area is 213 Å². The molecule has 0 radical (unpaired) electrons. The summed E-state index contributed by atoms with van der Waals surface area (Å²) in [5.41, 5.74) is 3.97. The van der Waals surface area contributed by atoms with Gasteiger partial charge in [0, 0.05) is 19.0 Å². The highest BCUT2D eigenvalue weighted by Gasteiger charge is 2.48. The number of imide groups is 1. The van der Waals surface area contributed by atoms with E-state index >= 15 is 0 Å². The van der Waals surface area contributed by atoms with E-state index in [0.29, 0.717) is 35.9 Å². The summed E-state index contributed by atoms with van der Waals surface area (Å²) >= 11 is 0. The van der Waals surface area contributed by atoms with Crippen molar-refractivity contribution in [2.24, 2.45) is 0 Å². The van der Waals surface area contributed by atoms with E-state index in [9.17, 15) is 18.8 Å². The lowest BCUT2D eigenvalue weighted by molar-refractivity contribution is -0.142. The Bertz CT molecular complexity index is 1320. The first-order valence-electron chi connectivity index (χ1n) is 12.7. The van der Waals surface area contributed by atoms with Gasteiger partial charge in [-0.2, -0.15) is 0 Å². The number of nitrogens with zero attached hydrogens (tertiary/aromatic N) is 3. The molecule has 37 heavy (non-hydrogen) atoms. The molecule has 9 heteroatoms. The van der Waals surface area contributed by atoms with Crippen molar-refractivity contribution in [2.75, 3.05) is 13.1 Å². The summed E-state index contributed by atoms with van der Waals surface area (Å²) in [6, 6.07) is 13.1. The second kappa shape index (κ2) is 9.23. The number of likely N-dealkylation sites (tertiary alicyclic amines) is 1. The lowest BCUT2D eigenvalue weighted by atomic mass is 9.63. The molecule has 3 aromatic rings. The molecular weight excluding hydrogens is 475 g/mol.